The summed E-state index contributed by atoms with van der Waals surface area (Å²) in [5.41, 5.74) is 2.15. The third kappa shape index (κ3) is 3.29. The Labute approximate surface area is 139 Å². The lowest BCUT2D eigenvalue weighted by Crippen LogP contribution is -2.26. The SMILES string of the molecule is COC(=O)C1CCC(C)=C[C@H]1c1c(OC)cc(Br)cc1OC. The predicted octanol–water partition coefficient (Wildman–Crippen LogP) is 4.08. The highest BCUT2D eigenvalue weighted by molar-refractivity contribution is 9.10. The zero-order valence-electron chi connectivity index (χ0n) is 13.3. The number of benzene rings is 1. The Balaban J connectivity index is 2.59. The van der Waals surface area contributed by atoms with Crippen LogP contribution in [0.2, 0.25) is 0 Å². The third-order valence-corrected chi connectivity index (χ3v) is 4.55. The fraction of sp³-hybridized carbons (Fsp3) is 0.471. The highest BCUT2D eigenvalue weighted by atomic mass is 79.9. The zero-order valence-corrected chi connectivity index (χ0v) is 14.9. The molecule has 0 radical (unpaired) electrons. The summed E-state index contributed by atoms with van der Waals surface area (Å²) in [6, 6.07) is 3.79. The number of hydrogen-bond donors (Lipinski definition) is 0. The first-order chi connectivity index (χ1) is 10.5. The summed E-state index contributed by atoms with van der Waals surface area (Å²) in [4.78, 5) is 12.2. The van der Waals surface area contributed by atoms with Gasteiger partial charge in [0.2, 0.25) is 0 Å². The van der Waals surface area contributed by atoms with Crippen LogP contribution in [0.25, 0.3) is 0 Å². The smallest absolute Gasteiger partial charge is 0.309 e. The number of halogens is 1. The van der Waals surface area contributed by atoms with Crippen molar-refractivity contribution >= 4 is 21.9 Å². The second-order valence-electron chi connectivity index (χ2n) is 5.43. The number of carbonyl (C=O) groups excluding carboxylic acids is 1. The molecule has 1 aliphatic rings. The molecular weight excluding hydrogens is 348 g/mol. The molecule has 0 aliphatic heterocycles. The average Bonchev–Trinajstić information content (AvgIpc) is 2.52. The van der Waals surface area contributed by atoms with E-state index in [1.54, 1.807) is 14.2 Å². The van der Waals surface area contributed by atoms with Crippen molar-refractivity contribution in [2.24, 2.45) is 5.92 Å². The van der Waals surface area contributed by atoms with E-state index in [1.807, 2.05) is 12.1 Å². The summed E-state index contributed by atoms with van der Waals surface area (Å²) in [6.07, 6.45) is 3.79. The fourth-order valence-corrected chi connectivity index (χ4v) is 3.42. The monoisotopic (exact) mass is 368 g/mol. The quantitative estimate of drug-likeness (QED) is 0.593. The van der Waals surface area contributed by atoms with E-state index in [0.717, 1.165) is 22.9 Å². The molecule has 5 heteroatoms. The Hall–Kier alpha value is -1.49. The third-order valence-electron chi connectivity index (χ3n) is 4.09. The highest BCUT2D eigenvalue weighted by Crippen LogP contribution is 2.46. The van der Waals surface area contributed by atoms with Crippen LogP contribution in [-0.4, -0.2) is 27.3 Å². The first kappa shape index (κ1) is 16.9. The first-order valence-corrected chi connectivity index (χ1v) is 7.97. The van der Waals surface area contributed by atoms with Gasteiger partial charge in [-0.15, -0.1) is 0 Å². The molecule has 4 nitrogen and oxygen atoms in total. The Morgan fingerprint density at radius 3 is 2.27 bits per heavy atom. The van der Waals surface area contributed by atoms with Gasteiger partial charge in [-0.25, -0.2) is 0 Å². The molecule has 120 valence electrons. The Morgan fingerprint density at radius 1 is 1.18 bits per heavy atom. The molecule has 2 atom stereocenters. The van der Waals surface area contributed by atoms with Gasteiger partial charge in [0.05, 0.1) is 27.2 Å². The van der Waals surface area contributed by atoms with E-state index >= 15 is 0 Å². The van der Waals surface area contributed by atoms with Gasteiger partial charge < -0.3 is 14.2 Å². The number of esters is 1. The lowest BCUT2D eigenvalue weighted by atomic mass is 9.76. The van der Waals surface area contributed by atoms with Crippen molar-refractivity contribution in [3.63, 3.8) is 0 Å². The highest BCUT2D eigenvalue weighted by Gasteiger charge is 2.35. The summed E-state index contributed by atoms with van der Waals surface area (Å²) in [7, 11) is 4.68. The second kappa shape index (κ2) is 7.18. The standard InChI is InChI=1S/C17H21BrO4/c1-10-5-6-12(17(19)22-4)13(7-10)16-14(20-2)8-11(18)9-15(16)21-3/h7-9,12-13H,5-6H2,1-4H3/t12?,13-/m1/s1. The summed E-state index contributed by atoms with van der Waals surface area (Å²) in [5, 5.41) is 0. The summed E-state index contributed by atoms with van der Waals surface area (Å²) in [5.74, 6) is 0.879. The van der Waals surface area contributed by atoms with Crippen molar-refractivity contribution in [3.05, 3.63) is 33.8 Å². The minimum atomic E-state index is -0.224. The molecule has 0 aromatic heterocycles. The maximum Gasteiger partial charge on any atom is 0.309 e. The van der Waals surface area contributed by atoms with Gasteiger partial charge in [-0.2, -0.15) is 0 Å². The van der Waals surface area contributed by atoms with Crippen LogP contribution in [0.15, 0.2) is 28.3 Å². The van der Waals surface area contributed by atoms with E-state index in [1.165, 1.54) is 12.7 Å². The molecule has 0 saturated carbocycles. The van der Waals surface area contributed by atoms with Gasteiger partial charge in [0.1, 0.15) is 11.5 Å². The molecule has 1 aromatic carbocycles. The molecule has 0 heterocycles. The number of rotatable bonds is 4. The minimum Gasteiger partial charge on any atom is -0.496 e. The predicted molar refractivity (Wildman–Crippen MR) is 88.5 cm³/mol. The number of methoxy groups -OCH3 is 3. The molecule has 22 heavy (non-hydrogen) atoms. The van der Waals surface area contributed by atoms with E-state index in [4.69, 9.17) is 14.2 Å². The van der Waals surface area contributed by atoms with E-state index in [-0.39, 0.29) is 17.8 Å². The maximum atomic E-state index is 12.2. The Morgan fingerprint density at radius 2 is 1.77 bits per heavy atom. The molecule has 1 aliphatic carbocycles. The van der Waals surface area contributed by atoms with Gasteiger partial charge >= 0.3 is 5.97 Å². The number of carbonyl (C=O) groups is 1. The van der Waals surface area contributed by atoms with Gasteiger partial charge in [0.15, 0.2) is 0 Å². The largest absolute Gasteiger partial charge is 0.496 e. The summed E-state index contributed by atoms with van der Waals surface area (Å²) < 4.78 is 16.9. The van der Waals surface area contributed by atoms with E-state index in [2.05, 4.69) is 28.9 Å². The number of allylic oxidation sites excluding steroid dienone is 2. The van der Waals surface area contributed by atoms with Crippen molar-refractivity contribution < 1.29 is 19.0 Å². The lowest BCUT2D eigenvalue weighted by Gasteiger charge is -2.30. The summed E-state index contributed by atoms with van der Waals surface area (Å²) in [6.45, 7) is 2.08. The van der Waals surface area contributed by atoms with Crippen LogP contribution in [0.1, 0.15) is 31.2 Å². The molecular formula is C17H21BrO4. The molecule has 0 bridgehead atoms. The second-order valence-corrected chi connectivity index (χ2v) is 6.35. The molecule has 0 saturated heterocycles. The van der Waals surface area contributed by atoms with Gasteiger partial charge in [-0.1, -0.05) is 27.6 Å². The molecule has 0 spiro atoms. The first-order valence-electron chi connectivity index (χ1n) is 7.18. The van der Waals surface area contributed by atoms with Crippen molar-refractivity contribution in [1.82, 2.24) is 0 Å². The van der Waals surface area contributed by atoms with Gasteiger partial charge in [0, 0.05) is 16.0 Å². The lowest BCUT2D eigenvalue weighted by molar-refractivity contribution is -0.146. The van der Waals surface area contributed by atoms with Crippen LogP contribution in [0.5, 0.6) is 11.5 Å². The van der Waals surface area contributed by atoms with Crippen LogP contribution in [-0.2, 0) is 9.53 Å². The Kier molecular flexibility index (Phi) is 5.51. The van der Waals surface area contributed by atoms with E-state index in [0.29, 0.717) is 11.5 Å². The number of hydrogen-bond acceptors (Lipinski definition) is 4. The van der Waals surface area contributed by atoms with Crippen molar-refractivity contribution in [3.8, 4) is 11.5 Å². The molecule has 2 rings (SSSR count). The average molecular weight is 369 g/mol. The van der Waals surface area contributed by atoms with Crippen molar-refractivity contribution in [2.75, 3.05) is 21.3 Å². The van der Waals surface area contributed by atoms with Crippen LogP contribution < -0.4 is 9.47 Å². The number of ether oxygens (including phenoxy) is 3. The molecule has 1 aromatic rings. The van der Waals surface area contributed by atoms with Gasteiger partial charge in [-0.3, -0.25) is 4.79 Å². The van der Waals surface area contributed by atoms with E-state index < -0.39 is 0 Å². The van der Waals surface area contributed by atoms with Crippen LogP contribution in [0.3, 0.4) is 0 Å². The molecule has 0 N–H and O–H groups in total. The molecule has 0 fully saturated rings. The normalized spacial score (nSPS) is 21.0. The fourth-order valence-electron chi connectivity index (χ4n) is 3.00. The van der Waals surface area contributed by atoms with Crippen LogP contribution >= 0.6 is 15.9 Å². The molecule has 0 amide bonds. The van der Waals surface area contributed by atoms with Gasteiger partial charge in [0.25, 0.3) is 0 Å². The van der Waals surface area contributed by atoms with Gasteiger partial charge in [-0.05, 0) is 31.9 Å². The van der Waals surface area contributed by atoms with Crippen molar-refractivity contribution in [2.45, 2.75) is 25.7 Å². The van der Waals surface area contributed by atoms with Crippen molar-refractivity contribution in [1.29, 1.82) is 0 Å². The maximum absolute atomic E-state index is 12.2. The zero-order chi connectivity index (χ0) is 16.3. The summed E-state index contributed by atoms with van der Waals surface area (Å²) >= 11 is 3.46. The molecule has 1 unspecified atom stereocenters. The topological polar surface area (TPSA) is 44.8 Å². The minimum absolute atomic E-state index is 0.112. The Bertz CT molecular complexity index is 569. The van der Waals surface area contributed by atoms with Crippen LogP contribution in [0, 0.1) is 5.92 Å². The van der Waals surface area contributed by atoms with E-state index in [9.17, 15) is 4.79 Å². The van der Waals surface area contributed by atoms with Crippen LogP contribution in [0.4, 0.5) is 0 Å².